The third kappa shape index (κ3) is 6.22. The lowest BCUT2D eigenvalue weighted by Crippen LogP contribution is -2.53. The predicted molar refractivity (Wildman–Crippen MR) is 178 cm³/mol. The Morgan fingerprint density at radius 1 is 1.24 bits per heavy atom. The topological polar surface area (TPSA) is 148 Å². The first-order chi connectivity index (χ1) is 23.3. The van der Waals surface area contributed by atoms with Crippen LogP contribution in [-0.2, 0) is 9.53 Å². The molecule has 2 fully saturated rings. The second-order valence-corrected chi connectivity index (χ2v) is 15.1. The van der Waals surface area contributed by atoms with Gasteiger partial charge in [-0.1, -0.05) is 56.7 Å². The summed E-state index contributed by atoms with van der Waals surface area (Å²) in [5.41, 5.74) is 7.75. The number of carbonyl (C=O) groups excluding carboxylic acids is 2. The first-order valence-electron chi connectivity index (χ1n) is 16.2. The van der Waals surface area contributed by atoms with Gasteiger partial charge in [-0.2, -0.15) is 19.0 Å². The zero-order chi connectivity index (χ0) is 34.7. The zero-order valence-corrected chi connectivity index (χ0v) is 28.2. The van der Waals surface area contributed by atoms with E-state index in [0.717, 1.165) is 18.4 Å². The van der Waals surface area contributed by atoms with Crippen LogP contribution in [0.4, 0.5) is 13.6 Å². The highest BCUT2D eigenvalue weighted by Crippen LogP contribution is 2.53. The highest BCUT2D eigenvalue weighted by atomic mass is 35.5. The predicted octanol–water partition coefficient (Wildman–Crippen LogP) is 5.98. The van der Waals surface area contributed by atoms with Gasteiger partial charge in [-0.05, 0) is 54.4 Å². The number of amides is 2. The van der Waals surface area contributed by atoms with Crippen molar-refractivity contribution < 1.29 is 23.1 Å². The SMILES string of the molecule is CC(C)(C)C[C@]1(C2C=CC(c3cnn(C(F)F)c3)=CC2)N=C(N)N([C@H](COC(=O)N2CC3(CC3)C2)c2ccc(Cl)c(-c3ncn[nH]3)c2)C1=O. The molecule has 4 aliphatic rings. The number of nitrogens with one attached hydrogen (secondary N) is 1. The molecule has 15 heteroatoms. The number of aliphatic imine (C=N–C) groups is 1. The lowest BCUT2D eigenvalue weighted by atomic mass is 9.70. The van der Waals surface area contributed by atoms with E-state index >= 15 is 0 Å². The quantitative estimate of drug-likeness (QED) is 0.280. The van der Waals surface area contributed by atoms with E-state index in [1.165, 1.54) is 23.6 Å². The Morgan fingerprint density at radius 3 is 2.63 bits per heavy atom. The number of aromatic amines is 1. The molecule has 2 aromatic heterocycles. The van der Waals surface area contributed by atoms with Crippen LogP contribution >= 0.6 is 11.6 Å². The molecule has 4 heterocycles. The van der Waals surface area contributed by atoms with Crippen LogP contribution in [0.25, 0.3) is 17.0 Å². The lowest BCUT2D eigenvalue weighted by molar-refractivity contribution is -0.136. The Labute approximate surface area is 287 Å². The number of alkyl halides is 2. The van der Waals surface area contributed by atoms with E-state index in [1.54, 1.807) is 23.1 Å². The highest BCUT2D eigenvalue weighted by Gasteiger charge is 2.56. The van der Waals surface area contributed by atoms with Crippen molar-refractivity contribution in [3.8, 4) is 11.4 Å². The first-order valence-corrected chi connectivity index (χ1v) is 16.6. The average molecular weight is 694 g/mol. The van der Waals surface area contributed by atoms with Crippen molar-refractivity contribution in [1.82, 2.24) is 34.8 Å². The molecule has 12 nitrogen and oxygen atoms in total. The summed E-state index contributed by atoms with van der Waals surface area (Å²) in [5.74, 6) is -0.280. The summed E-state index contributed by atoms with van der Waals surface area (Å²) in [4.78, 5) is 40.4. The van der Waals surface area contributed by atoms with Gasteiger partial charge in [-0.25, -0.2) is 19.5 Å². The van der Waals surface area contributed by atoms with Crippen molar-refractivity contribution in [2.45, 2.75) is 64.6 Å². The minimum Gasteiger partial charge on any atom is -0.447 e. The van der Waals surface area contributed by atoms with Gasteiger partial charge in [-0.3, -0.25) is 14.8 Å². The number of H-pyrrole nitrogens is 1. The number of rotatable bonds is 9. The molecule has 7 rings (SSSR count). The normalized spacial score (nSPS) is 23.5. The second-order valence-electron chi connectivity index (χ2n) is 14.7. The van der Waals surface area contributed by atoms with Gasteiger partial charge >= 0.3 is 12.6 Å². The molecule has 49 heavy (non-hydrogen) atoms. The number of hydrogen-bond donors (Lipinski definition) is 2. The molecule has 1 saturated heterocycles. The molecule has 258 valence electrons. The Balaban J connectivity index is 1.21. The molecule has 2 aliphatic heterocycles. The van der Waals surface area contributed by atoms with Gasteiger partial charge in [0.05, 0.1) is 17.3 Å². The number of likely N-dealkylation sites (tertiary alicyclic amines) is 1. The highest BCUT2D eigenvalue weighted by molar-refractivity contribution is 6.33. The number of aromatic nitrogens is 5. The van der Waals surface area contributed by atoms with Gasteiger partial charge in [0.1, 0.15) is 12.9 Å². The standard InChI is InChI=1S/C34H38ClF2N9O3/c1-32(2,3)16-34(23-7-4-20(5-8-23)22-13-41-45(14-22)29(36)37)28(47)46(30(38)42-34)26(15-49-31(48)44-17-33(18-44)10-11-33)21-6-9-25(35)24(12-21)27-39-19-40-43-27/h4-7,9,12-14,19,23,26,29H,8,10-11,15-18H2,1-3H3,(H2,38,42)(H,39,40,43)/t23?,26-,34-/m1/s1. The average Bonchev–Trinajstić information content (AvgIpc) is 3.34. The van der Waals surface area contributed by atoms with Gasteiger partial charge in [0.25, 0.3) is 5.91 Å². The minimum atomic E-state index is -2.75. The monoisotopic (exact) mass is 693 g/mol. The van der Waals surface area contributed by atoms with E-state index < -0.39 is 30.1 Å². The van der Waals surface area contributed by atoms with Crippen LogP contribution in [0.3, 0.4) is 0 Å². The van der Waals surface area contributed by atoms with Gasteiger partial charge in [0.15, 0.2) is 17.3 Å². The molecule has 0 radical (unpaired) electrons. The van der Waals surface area contributed by atoms with Crippen molar-refractivity contribution >= 4 is 35.1 Å². The van der Waals surface area contributed by atoms with Crippen LogP contribution in [0.1, 0.15) is 70.2 Å². The van der Waals surface area contributed by atoms with Crippen molar-refractivity contribution in [1.29, 1.82) is 0 Å². The number of nitrogens with two attached hydrogens (primary N) is 1. The van der Waals surface area contributed by atoms with Crippen LogP contribution in [0, 0.1) is 16.7 Å². The van der Waals surface area contributed by atoms with Crippen molar-refractivity contribution in [2.24, 2.45) is 27.5 Å². The van der Waals surface area contributed by atoms with E-state index in [0.29, 0.717) is 58.2 Å². The van der Waals surface area contributed by atoms with Gasteiger partial charge in [-0.15, -0.1) is 0 Å². The van der Waals surface area contributed by atoms with E-state index in [1.807, 2.05) is 39.0 Å². The molecule has 0 bridgehead atoms. The fourth-order valence-electron chi connectivity index (χ4n) is 7.21. The number of allylic oxidation sites excluding steroid dienone is 3. The summed E-state index contributed by atoms with van der Waals surface area (Å²) >= 11 is 6.57. The molecular formula is C34H38ClF2N9O3. The van der Waals surface area contributed by atoms with E-state index in [9.17, 15) is 18.4 Å². The molecule has 1 spiro atoms. The van der Waals surface area contributed by atoms with Gasteiger partial charge in [0.2, 0.25) is 0 Å². The summed E-state index contributed by atoms with van der Waals surface area (Å²) in [6.45, 7) is 4.51. The Kier molecular flexibility index (Phi) is 8.12. The van der Waals surface area contributed by atoms with E-state index in [2.05, 4.69) is 20.3 Å². The van der Waals surface area contributed by atoms with E-state index in [-0.39, 0.29) is 29.3 Å². The zero-order valence-electron chi connectivity index (χ0n) is 27.4. The molecule has 3 aromatic rings. The number of nitrogens with zero attached hydrogens (tertiary/aromatic N) is 7. The molecule has 1 unspecified atom stereocenters. The molecular weight excluding hydrogens is 656 g/mol. The van der Waals surface area contributed by atoms with Gasteiger partial charge in [0, 0.05) is 41.7 Å². The summed E-state index contributed by atoms with van der Waals surface area (Å²) in [7, 11) is 0. The Hall–Kier alpha value is -4.59. The first kappa shape index (κ1) is 32.9. The van der Waals surface area contributed by atoms with Crippen LogP contribution in [0.5, 0.6) is 0 Å². The molecule has 2 amide bonds. The minimum absolute atomic E-state index is 0.00809. The fraction of sp³-hybridized carbons (Fsp3) is 0.471. The molecule has 1 aromatic carbocycles. The number of benzene rings is 1. The van der Waals surface area contributed by atoms with Crippen LogP contribution in [0.15, 0.2) is 60.1 Å². The third-order valence-corrected chi connectivity index (χ3v) is 10.1. The maximum Gasteiger partial charge on any atom is 0.409 e. The van der Waals surface area contributed by atoms with Crippen molar-refractivity contribution in [2.75, 3.05) is 19.7 Å². The van der Waals surface area contributed by atoms with Crippen LogP contribution < -0.4 is 5.73 Å². The van der Waals surface area contributed by atoms with E-state index in [4.69, 9.17) is 27.1 Å². The van der Waals surface area contributed by atoms with Crippen molar-refractivity contribution in [3.63, 3.8) is 0 Å². The molecule has 3 atom stereocenters. The molecule has 1 saturated carbocycles. The number of ether oxygens (including phenoxy) is 1. The Morgan fingerprint density at radius 2 is 2.02 bits per heavy atom. The molecule has 3 N–H and O–H groups in total. The summed E-state index contributed by atoms with van der Waals surface area (Å²) < 4.78 is 32.8. The number of guanidine groups is 1. The van der Waals surface area contributed by atoms with Gasteiger partial charge < -0.3 is 15.4 Å². The number of halogens is 3. The largest absolute Gasteiger partial charge is 0.447 e. The fourth-order valence-corrected chi connectivity index (χ4v) is 7.42. The van der Waals surface area contributed by atoms with Crippen molar-refractivity contribution in [3.05, 3.63) is 71.3 Å². The summed E-state index contributed by atoms with van der Waals surface area (Å²) in [6.07, 6.45) is 12.2. The second kappa shape index (κ2) is 12.1. The lowest BCUT2D eigenvalue weighted by Gasteiger charge is -2.40. The maximum absolute atomic E-state index is 15.0. The summed E-state index contributed by atoms with van der Waals surface area (Å²) in [5, 5.41) is 10.9. The maximum atomic E-state index is 15.0. The molecule has 2 aliphatic carbocycles. The number of carbonyl (C=O) groups is 2. The number of hydrogen-bond acceptors (Lipinski definition) is 8. The van der Waals surface area contributed by atoms with Crippen LogP contribution in [-0.4, -0.2) is 78.0 Å². The smallest absolute Gasteiger partial charge is 0.409 e. The Bertz CT molecular complexity index is 1850. The van der Waals surface area contributed by atoms with Crippen LogP contribution in [0.2, 0.25) is 5.02 Å². The summed E-state index contributed by atoms with van der Waals surface area (Å²) in [6, 6.07) is 4.40. The third-order valence-electron chi connectivity index (χ3n) is 9.79.